The van der Waals surface area contributed by atoms with Crippen molar-refractivity contribution in [2.75, 3.05) is 18.0 Å². The highest BCUT2D eigenvalue weighted by Crippen LogP contribution is 2.36. The predicted molar refractivity (Wildman–Crippen MR) is 103 cm³/mol. The molecule has 5 heteroatoms. The molecule has 3 aromatic rings. The summed E-state index contributed by atoms with van der Waals surface area (Å²) < 4.78 is 13.1. The molecule has 0 amide bonds. The molecule has 1 atom stereocenters. The lowest BCUT2D eigenvalue weighted by molar-refractivity contribution is 0.0929. The first-order valence-corrected chi connectivity index (χ1v) is 9.13. The second kappa shape index (κ2) is 7.34. The fourth-order valence-electron chi connectivity index (χ4n) is 3.92. The molecule has 2 aromatic carbocycles. The molecule has 136 valence electrons. The van der Waals surface area contributed by atoms with Gasteiger partial charge in [-0.25, -0.2) is 4.39 Å². The number of hydrogen-bond acceptors (Lipinski definition) is 4. The Labute approximate surface area is 157 Å². The molecule has 1 unspecified atom stereocenters. The molecule has 4 rings (SSSR count). The molecule has 0 radical (unpaired) electrons. The minimum absolute atomic E-state index is 0.116. The summed E-state index contributed by atoms with van der Waals surface area (Å²) in [5.41, 5.74) is 3.13. The van der Waals surface area contributed by atoms with E-state index in [-0.39, 0.29) is 11.7 Å². The first kappa shape index (κ1) is 17.4. The maximum Gasteiger partial charge on any atom is 0.123 e. The number of aliphatic hydroxyl groups is 1. The molecule has 1 aliphatic rings. The van der Waals surface area contributed by atoms with Gasteiger partial charge in [0.2, 0.25) is 0 Å². The fourth-order valence-corrected chi connectivity index (χ4v) is 3.92. The van der Waals surface area contributed by atoms with Gasteiger partial charge in [0.1, 0.15) is 11.9 Å². The van der Waals surface area contributed by atoms with E-state index in [1.807, 2.05) is 24.3 Å². The van der Waals surface area contributed by atoms with E-state index in [9.17, 15) is 14.8 Å². The Bertz CT molecular complexity index is 989. The maximum atomic E-state index is 13.1. The van der Waals surface area contributed by atoms with Crippen molar-refractivity contribution in [3.8, 4) is 6.07 Å². The largest absolute Gasteiger partial charge is 0.388 e. The van der Waals surface area contributed by atoms with Crippen LogP contribution in [-0.2, 0) is 0 Å². The average molecular weight is 361 g/mol. The van der Waals surface area contributed by atoms with Crippen LogP contribution in [0.5, 0.6) is 0 Å². The third kappa shape index (κ3) is 3.36. The molecule has 0 bridgehead atoms. The van der Waals surface area contributed by atoms with E-state index in [1.54, 1.807) is 18.3 Å². The van der Waals surface area contributed by atoms with Crippen LogP contribution in [0.4, 0.5) is 10.1 Å². The summed E-state index contributed by atoms with van der Waals surface area (Å²) in [4.78, 5) is 6.60. The lowest BCUT2D eigenvalue weighted by Crippen LogP contribution is -2.36. The summed E-state index contributed by atoms with van der Waals surface area (Å²) in [7, 11) is 0. The van der Waals surface area contributed by atoms with Gasteiger partial charge in [0.25, 0.3) is 0 Å². The Morgan fingerprint density at radius 3 is 2.52 bits per heavy atom. The number of piperidine rings is 1. The van der Waals surface area contributed by atoms with Crippen LogP contribution in [0.1, 0.15) is 30.1 Å². The number of anilines is 1. The maximum absolute atomic E-state index is 13.1. The van der Waals surface area contributed by atoms with E-state index in [1.165, 1.54) is 12.1 Å². The van der Waals surface area contributed by atoms with Crippen LogP contribution in [0.15, 0.2) is 54.7 Å². The minimum atomic E-state index is -0.600. The zero-order chi connectivity index (χ0) is 18.8. The molecule has 1 N–H and O–H groups in total. The minimum Gasteiger partial charge on any atom is -0.388 e. The summed E-state index contributed by atoms with van der Waals surface area (Å²) >= 11 is 0. The van der Waals surface area contributed by atoms with Crippen LogP contribution >= 0.6 is 0 Å². The van der Waals surface area contributed by atoms with Gasteiger partial charge in [0.05, 0.1) is 22.9 Å². The van der Waals surface area contributed by atoms with E-state index in [0.717, 1.165) is 48.1 Å². The quantitative estimate of drug-likeness (QED) is 0.760. The summed E-state index contributed by atoms with van der Waals surface area (Å²) in [5.74, 6) is -0.181. The Balaban J connectivity index is 1.55. The van der Waals surface area contributed by atoms with Crippen molar-refractivity contribution in [2.45, 2.75) is 18.9 Å². The second-order valence-corrected chi connectivity index (χ2v) is 6.97. The molecule has 2 heterocycles. The van der Waals surface area contributed by atoms with E-state index >= 15 is 0 Å². The third-order valence-electron chi connectivity index (χ3n) is 5.38. The number of aliphatic hydroxyl groups excluding tert-OH is 1. The van der Waals surface area contributed by atoms with Gasteiger partial charge in [0.15, 0.2) is 0 Å². The number of nitrogens with zero attached hydrogens (tertiary/aromatic N) is 3. The van der Waals surface area contributed by atoms with Gasteiger partial charge in [-0.1, -0.05) is 30.3 Å². The number of para-hydroxylation sites is 1. The van der Waals surface area contributed by atoms with Crippen molar-refractivity contribution in [3.05, 3.63) is 71.7 Å². The first-order valence-electron chi connectivity index (χ1n) is 9.13. The monoisotopic (exact) mass is 361 g/mol. The molecule has 0 saturated carbocycles. The summed E-state index contributed by atoms with van der Waals surface area (Å²) in [6.45, 7) is 1.51. The van der Waals surface area contributed by atoms with Gasteiger partial charge < -0.3 is 10.0 Å². The highest BCUT2D eigenvalue weighted by molar-refractivity contribution is 5.94. The van der Waals surface area contributed by atoms with Crippen molar-refractivity contribution in [2.24, 2.45) is 5.92 Å². The molecule has 1 aromatic heterocycles. The molecular weight excluding hydrogens is 341 g/mol. The van der Waals surface area contributed by atoms with Gasteiger partial charge in [-0.3, -0.25) is 4.98 Å². The third-order valence-corrected chi connectivity index (χ3v) is 5.38. The lowest BCUT2D eigenvalue weighted by Gasteiger charge is -2.36. The van der Waals surface area contributed by atoms with Gasteiger partial charge >= 0.3 is 0 Å². The Kier molecular flexibility index (Phi) is 4.74. The van der Waals surface area contributed by atoms with Crippen molar-refractivity contribution >= 4 is 16.6 Å². The van der Waals surface area contributed by atoms with Crippen LogP contribution in [0.2, 0.25) is 0 Å². The van der Waals surface area contributed by atoms with E-state index in [0.29, 0.717) is 5.56 Å². The number of hydrogen-bond donors (Lipinski definition) is 1. The van der Waals surface area contributed by atoms with Crippen molar-refractivity contribution in [1.29, 1.82) is 5.26 Å². The number of halogens is 1. The summed E-state index contributed by atoms with van der Waals surface area (Å²) in [5, 5.41) is 21.2. The van der Waals surface area contributed by atoms with Crippen LogP contribution in [0.25, 0.3) is 10.9 Å². The van der Waals surface area contributed by atoms with Gasteiger partial charge in [-0.2, -0.15) is 5.26 Å². The molecule has 4 nitrogen and oxygen atoms in total. The van der Waals surface area contributed by atoms with Crippen LogP contribution < -0.4 is 4.90 Å². The number of rotatable bonds is 3. The fraction of sp³-hybridized carbons (Fsp3) is 0.273. The number of aromatic nitrogens is 1. The van der Waals surface area contributed by atoms with Gasteiger partial charge in [-0.05, 0) is 42.5 Å². The smallest absolute Gasteiger partial charge is 0.123 e. The van der Waals surface area contributed by atoms with E-state index in [4.69, 9.17) is 0 Å². The molecule has 0 spiro atoms. The summed E-state index contributed by atoms with van der Waals surface area (Å²) in [6.07, 6.45) is 2.65. The molecular formula is C22H20FN3O. The second-order valence-electron chi connectivity index (χ2n) is 6.97. The van der Waals surface area contributed by atoms with Gasteiger partial charge in [0, 0.05) is 24.7 Å². The lowest BCUT2D eigenvalue weighted by atomic mass is 9.87. The predicted octanol–water partition coefficient (Wildman–Crippen LogP) is 4.20. The first-order chi connectivity index (χ1) is 13.2. The number of benzene rings is 2. The van der Waals surface area contributed by atoms with E-state index < -0.39 is 6.10 Å². The molecule has 27 heavy (non-hydrogen) atoms. The SMILES string of the molecule is N#Cc1cnc2ccccc2c1N1CCC(C(O)c2ccc(F)cc2)CC1. The Morgan fingerprint density at radius 1 is 1.11 bits per heavy atom. The normalized spacial score (nSPS) is 16.3. The molecule has 0 aliphatic carbocycles. The highest BCUT2D eigenvalue weighted by atomic mass is 19.1. The zero-order valence-electron chi connectivity index (χ0n) is 14.8. The van der Waals surface area contributed by atoms with Crippen molar-refractivity contribution in [3.63, 3.8) is 0 Å². The number of nitriles is 1. The number of fused-ring (bicyclic) bond motifs is 1. The zero-order valence-corrected chi connectivity index (χ0v) is 14.8. The summed E-state index contributed by atoms with van der Waals surface area (Å²) in [6, 6.07) is 16.2. The standard InChI is InChI=1S/C22H20FN3O/c23-18-7-5-15(6-8-18)22(27)16-9-11-26(12-10-16)21-17(13-24)14-25-20-4-2-1-3-19(20)21/h1-8,14,16,22,27H,9-12H2. The molecule has 1 aliphatic heterocycles. The molecule has 1 saturated heterocycles. The van der Waals surface area contributed by atoms with Crippen LogP contribution in [0, 0.1) is 23.1 Å². The van der Waals surface area contributed by atoms with Crippen LogP contribution in [0.3, 0.4) is 0 Å². The average Bonchev–Trinajstić information content (AvgIpc) is 2.73. The van der Waals surface area contributed by atoms with E-state index in [2.05, 4.69) is 16.0 Å². The topological polar surface area (TPSA) is 60.2 Å². The van der Waals surface area contributed by atoms with Crippen molar-refractivity contribution < 1.29 is 9.50 Å². The highest BCUT2D eigenvalue weighted by Gasteiger charge is 2.28. The molecule has 1 fully saturated rings. The Morgan fingerprint density at radius 2 is 1.81 bits per heavy atom. The number of pyridine rings is 1. The van der Waals surface area contributed by atoms with Gasteiger partial charge in [-0.15, -0.1) is 0 Å². The van der Waals surface area contributed by atoms with Crippen LogP contribution in [-0.4, -0.2) is 23.2 Å². The van der Waals surface area contributed by atoms with Crippen molar-refractivity contribution in [1.82, 2.24) is 4.98 Å². The Hall–Kier alpha value is -2.97.